The number of amides is 4. The van der Waals surface area contributed by atoms with E-state index in [1.54, 1.807) is 24.3 Å². The van der Waals surface area contributed by atoms with E-state index in [0.717, 1.165) is 36.5 Å². The normalized spacial score (nSPS) is 28.3. The zero-order valence-corrected chi connectivity index (χ0v) is 46.9. The predicted molar refractivity (Wildman–Crippen MR) is 282 cm³/mol. The molecule has 8 bridgehead atoms. The second-order valence-electron chi connectivity index (χ2n) is 21.1. The second-order valence-corrected chi connectivity index (χ2v) is 21.1. The fraction of sp³-hybridized carbons (Fsp3) is 0.579. The number of hydrogen-bond acceptors (Lipinski definition) is 20. The fourth-order valence-electron chi connectivity index (χ4n) is 11.1. The molecule has 0 aliphatic carbocycles. The first-order valence-electron chi connectivity index (χ1n) is 26.8. The molecule has 24 nitrogen and oxygen atoms in total. The first-order valence-corrected chi connectivity index (χ1v) is 26.8. The fourth-order valence-corrected chi connectivity index (χ4v) is 11.1. The van der Waals surface area contributed by atoms with Crippen LogP contribution in [-0.2, 0) is 95.2 Å². The number of fused-ring (bicyclic) bond motifs is 8. The SMILES string of the molecule is COC(=O)C1=C(C(=O)OC)C2(CNC(=O)CCOCC(COCCC(=O)NCC34C=CC(O3)C(C)=C4C)(COCCC(=O)NCC34C=CC(O3)C(C)=C4C)COCCC(=O)NCC34C=CC(O3)C(C(=O)OC)=C4C(=O)OC)C=CC1O2. The summed E-state index contributed by atoms with van der Waals surface area (Å²) in [6.07, 6.45) is 11.8. The molecule has 8 aliphatic heterocycles. The Morgan fingerprint density at radius 2 is 0.691 bits per heavy atom. The van der Waals surface area contributed by atoms with E-state index in [0.29, 0.717) is 0 Å². The first kappa shape index (κ1) is 60.5. The minimum atomic E-state index is -1.48. The van der Waals surface area contributed by atoms with Crippen molar-refractivity contribution in [2.24, 2.45) is 5.41 Å². The zero-order valence-electron chi connectivity index (χ0n) is 46.9. The van der Waals surface area contributed by atoms with Crippen LogP contribution in [0, 0.1) is 5.41 Å². The molecule has 8 rings (SSSR count). The second kappa shape index (κ2) is 25.2. The van der Waals surface area contributed by atoms with E-state index in [-0.39, 0.29) is 151 Å². The molecule has 440 valence electrons. The number of nitrogens with one attached hydrogen (secondary N) is 4. The van der Waals surface area contributed by atoms with E-state index < -0.39 is 75.7 Å². The van der Waals surface area contributed by atoms with Gasteiger partial charge in [0.25, 0.3) is 0 Å². The van der Waals surface area contributed by atoms with Crippen molar-refractivity contribution in [1.29, 1.82) is 0 Å². The molecule has 0 spiro atoms. The molecular weight excluding hydrogens is 1060 g/mol. The molecule has 4 N–H and O–H groups in total. The summed E-state index contributed by atoms with van der Waals surface area (Å²) in [5.41, 5.74) is -1.41. The van der Waals surface area contributed by atoms with E-state index in [4.69, 9.17) is 56.8 Å². The summed E-state index contributed by atoms with van der Waals surface area (Å²) in [6, 6.07) is 0. The third-order valence-corrected chi connectivity index (χ3v) is 16.1. The lowest BCUT2D eigenvalue weighted by molar-refractivity contribution is -0.139. The van der Waals surface area contributed by atoms with Crippen LogP contribution in [-0.4, -0.2) is 202 Å². The molecule has 8 heterocycles. The zero-order chi connectivity index (χ0) is 58.3. The highest BCUT2D eigenvalue weighted by Gasteiger charge is 2.56. The van der Waals surface area contributed by atoms with Crippen LogP contribution < -0.4 is 21.3 Å². The molecule has 0 radical (unpaired) electrons. The maximum atomic E-state index is 13.4. The van der Waals surface area contributed by atoms with Gasteiger partial charge in [0.15, 0.2) is 0 Å². The summed E-state index contributed by atoms with van der Waals surface area (Å²) in [5, 5.41) is 11.4. The van der Waals surface area contributed by atoms with Crippen LogP contribution in [0.2, 0.25) is 0 Å². The number of carbonyl (C=O) groups excluding carboxylic acids is 8. The quantitative estimate of drug-likeness (QED) is 0.0314. The molecule has 8 atom stereocenters. The lowest BCUT2D eigenvalue weighted by Crippen LogP contribution is -2.45. The molecule has 4 amide bonds. The van der Waals surface area contributed by atoms with Crippen molar-refractivity contribution in [1.82, 2.24) is 21.3 Å². The van der Waals surface area contributed by atoms with Crippen LogP contribution >= 0.6 is 0 Å². The number of carbonyl (C=O) groups is 8. The van der Waals surface area contributed by atoms with Crippen LogP contribution in [0.1, 0.15) is 53.4 Å². The molecule has 8 aliphatic rings. The van der Waals surface area contributed by atoms with Crippen molar-refractivity contribution in [3.8, 4) is 0 Å². The number of hydrogen-bond donors (Lipinski definition) is 4. The summed E-state index contributed by atoms with van der Waals surface area (Å²) in [6.45, 7) is 7.16. The van der Waals surface area contributed by atoms with Gasteiger partial charge < -0.3 is 78.1 Å². The van der Waals surface area contributed by atoms with Gasteiger partial charge in [0.2, 0.25) is 23.6 Å². The number of methoxy groups -OCH3 is 4. The third kappa shape index (κ3) is 12.4. The van der Waals surface area contributed by atoms with Gasteiger partial charge in [0.1, 0.15) is 34.6 Å². The Balaban J connectivity index is 0.913. The van der Waals surface area contributed by atoms with Gasteiger partial charge in [-0.05, 0) is 74.3 Å². The van der Waals surface area contributed by atoms with Crippen LogP contribution in [0.4, 0.5) is 0 Å². The highest BCUT2D eigenvalue weighted by molar-refractivity contribution is 6.06. The Hall–Kier alpha value is -6.64. The highest BCUT2D eigenvalue weighted by Crippen LogP contribution is 2.46. The van der Waals surface area contributed by atoms with E-state index in [9.17, 15) is 38.4 Å². The van der Waals surface area contributed by atoms with Gasteiger partial charge in [0, 0.05) is 25.7 Å². The molecule has 0 saturated heterocycles. The average molecular weight is 1130 g/mol. The van der Waals surface area contributed by atoms with E-state index >= 15 is 0 Å². The molecule has 0 aromatic carbocycles. The minimum absolute atomic E-state index is 0.0189. The van der Waals surface area contributed by atoms with Crippen LogP contribution in [0.5, 0.6) is 0 Å². The lowest BCUT2D eigenvalue weighted by atomic mass is 9.86. The Kier molecular flexibility index (Phi) is 18.8. The summed E-state index contributed by atoms with van der Waals surface area (Å²) in [4.78, 5) is 104. The van der Waals surface area contributed by atoms with Gasteiger partial charge in [0.05, 0.1) is 147 Å². The smallest absolute Gasteiger partial charge is 0.337 e. The molecular formula is C57H72N4O20. The topological polar surface area (TPSA) is 295 Å². The molecule has 81 heavy (non-hydrogen) atoms. The van der Waals surface area contributed by atoms with Gasteiger partial charge in [-0.1, -0.05) is 24.3 Å². The maximum absolute atomic E-state index is 13.4. The Morgan fingerprint density at radius 1 is 0.420 bits per heavy atom. The Bertz CT molecular complexity index is 2620. The molecule has 0 aromatic rings. The molecule has 8 unspecified atom stereocenters. The number of ether oxygens (including phenoxy) is 12. The largest absolute Gasteiger partial charge is 0.466 e. The average Bonchev–Trinajstić information content (AvgIpc) is 4.40. The van der Waals surface area contributed by atoms with Crippen LogP contribution in [0.15, 0.2) is 93.2 Å². The molecule has 0 fully saturated rings. The highest BCUT2D eigenvalue weighted by atomic mass is 16.6. The van der Waals surface area contributed by atoms with Crippen molar-refractivity contribution in [3.05, 3.63) is 93.2 Å². The minimum Gasteiger partial charge on any atom is -0.466 e. The standard InChI is InChI=1S/C57H72N4O20/c1-33-35(3)54(17-9-37(33)78-54)25-58-41(62)13-21-74-29-53(30-75-22-14-42(63)59-26-55-18-10-38(79-55)34(2)36(55)4,31-76-23-15-43(64)60-27-56-19-11-39(80-56)45(49(66)70-5)47(56)51(68)72-7)32-77-24-16-44(65)61-28-57-20-12-40(81-57)46(50(67)71-6)48(57)52(69)73-8/h9-12,17-20,37-40H,13-16,21-32H2,1-8H3,(H,58,62)(H,59,63)(H,60,64)(H,61,65). The summed E-state index contributed by atoms with van der Waals surface area (Å²) >= 11 is 0. The molecule has 24 heteroatoms. The summed E-state index contributed by atoms with van der Waals surface area (Å²) in [5.74, 6) is -4.71. The van der Waals surface area contributed by atoms with Gasteiger partial charge >= 0.3 is 23.9 Å². The van der Waals surface area contributed by atoms with Gasteiger partial charge in [-0.3, -0.25) is 19.2 Å². The van der Waals surface area contributed by atoms with Crippen molar-refractivity contribution < 1.29 is 95.2 Å². The first-order chi connectivity index (χ1) is 38.7. The van der Waals surface area contributed by atoms with Crippen LogP contribution in [0.25, 0.3) is 0 Å². The molecule has 0 aromatic heterocycles. The maximum Gasteiger partial charge on any atom is 0.337 e. The summed E-state index contributed by atoms with van der Waals surface area (Å²) < 4.78 is 68.8. The van der Waals surface area contributed by atoms with Crippen molar-refractivity contribution >= 4 is 47.5 Å². The van der Waals surface area contributed by atoms with Crippen molar-refractivity contribution in [2.75, 3.05) is 107 Å². The number of esters is 4. The predicted octanol–water partition coefficient (Wildman–Crippen LogP) is 0.852. The Morgan fingerprint density at radius 3 is 0.975 bits per heavy atom. The van der Waals surface area contributed by atoms with Gasteiger partial charge in [-0.15, -0.1) is 0 Å². The monoisotopic (exact) mass is 1130 g/mol. The van der Waals surface area contributed by atoms with Crippen molar-refractivity contribution in [3.63, 3.8) is 0 Å². The number of rotatable bonds is 32. The van der Waals surface area contributed by atoms with Crippen molar-refractivity contribution in [2.45, 2.75) is 100 Å². The molecule has 0 saturated carbocycles. The van der Waals surface area contributed by atoms with Gasteiger partial charge in [-0.25, -0.2) is 19.2 Å². The van der Waals surface area contributed by atoms with E-state index in [1.807, 2.05) is 52.0 Å². The summed E-state index contributed by atoms with van der Waals surface area (Å²) in [7, 11) is 4.68. The Labute approximate surface area is 468 Å². The van der Waals surface area contributed by atoms with E-state index in [1.165, 1.54) is 14.2 Å². The van der Waals surface area contributed by atoms with E-state index in [2.05, 4.69) is 21.3 Å². The lowest BCUT2D eigenvalue weighted by Gasteiger charge is -2.33. The van der Waals surface area contributed by atoms with Gasteiger partial charge in [-0.2, -0.15) is 0 Å². The van der Waals surface area contributed by atoms with Crippen LogP contribution in [0.3, 0.4) is 0 Å². The third-order valence-electron chi connectivity index (χ3n) is 16.1.